The molecule has 0 aliphatic heterocycles. The molecular weight excluding hydrogens is 947 g/mol. The average Bonchev–Trinajstić information content (AvgIpc) is 3.43. The third kappa shape index (κ3) is 63.6. The normalized spacial score (nSPS) is 12.5. The largest absolute Gasteiger partial charge is 0.466 e. The summed E-state index contributed by atoms with van der Waals surface area (Å²) in [4.78, 5) is 24.6. The number of aliphatic hydroxyl groups excluding tert-OH is 2. The monoisotopic (exact) mass is 1090 g/mol. The highest BCUT2D eigenvalue weighted by molar-refractivity contribution is 5.76. The lowest BCUT2D eigenvalue weighted by molar-refractivity contribution is -0.143. The summed E-state index contributed by atoms with van der Waals surface area (Å²) in [6.07, 6.45) is 82.5. The van der Waals surface area contributed by atoms with Crippen LogP contribution in [0.2, 0.25) is 0 Å². The number of hydrogen-bond donors (Lipinski definition) is 3. The smallest absolute Gasteiger partial charge is 0.305 e. The zero-order chi connectivity index (χ0) is 55.7. The number of unbranched alkanes of at least 4 members (excludes halogenated alkanes) is 54. The Kier molecular flexibility index (Phi) is 65.9. The molecule has 6 nitrogen and oxygen atoms in total. The zero-order valence-electron chi connectivity index (χ0n) is 52.5. The highest BCUT2D eigenvalue weighted by Gasteiger charge is 2.20. The van der Waals surface area contributed by atoms with Gasteiger partial charge in [0.05, 0.1) is 25.4 Å². The summed E-state index contributed by atoms with van der Waals surface area (Å²) in [5, 5.41) is 23.4. The number of nitrogens with one attached hydrogen (secondary N) is 1. The fourth-order valence-electron chi connectivity index (χ4n) is 11.4. The van der Waals surface area contributed by atoms with Crippen molar-refractivity contribution in [1.29, 1.82) is 0 Å². The van der Waals surface area contributed by atoms with E-state index in [9.17, 15) is 19.8 Å². The van der Waals surface area contributed by atoms with Crippen molar-refractivity contribution in [2.45, 2.75) is 418 Å². The summed E-state index contributed by atoms with van der Waals surface area (Å²) in [5.74, 6) is -0.0160. The molecule has 1 amide bonds. The van der Waals surface area contributed by atoms with Crippen LogP contribution >= 0.6 is 0 Å². The molecular formula is C71H139NO5. The number of amides is 1. The number of ether oxygens (including phenoxy) is 1. The van der Waals surface area contributed by atoms with Crippen LogP contribution in [0.25, 0.3) is 0 Å². The maximum Gasteiger partial charge on any atom is 0.305 e. The number of rotatable bonds is 67. The van der Waals surface area contributed by atoms with Gasteiger partial charge in [0, 0.05) is 12.8 Å². The van der Waals surface area contributed by atoms with Gasteiger partial charge >= 0.3 is 5.97 Å². The summed E-state index contributed by atoms with van der Waals surface area (Å²) in [5.41, 5.74) is 0. The standard InChI is InChI=1S/C71H139NO5/c1-3-5-7-9-11-13-15-17-19-21-28-32-35-39-43-47-51-55-59-63-69(74)68(67-73)72-70(75)64-60-56-52-48-44-40-36-33-29-26-24-22-23-25-27-30-34-38-42-46-50-54-58-62-66-77-71(76)65-61-57-53-49-45-41-37-31-20-18-16-14-12-10-8-6-4-2/h18,20,68-69,73-74H,3-17,19,21-67H2,1-2H3,(H,72,75)/b20-18-. The Morgan fingerprint density at radius 3 is 0.922 bits per heavy atom. The minimum atomic E-state index is -0.664. The number of hydrogen-bond acceptors (Lipinski definition) is 5. The third-order valence-electron chi connectivity index (χ3n) is 16.8. The first-order valence-corrected chi connectivity index (χ1v) is 35.4. The maximum atomic E-state index is 12.5. The van der Waals surface area contributed by atoms with Crippen molar-refractivity contribution in [1.82, 2.24) is 5.32 Å². The molecule has 0 saturated carbocycles. The van der Waals surface area contributed by atoms with Gasteiger partial charge in [-0.2, -0.15) is 0 Å². The first-order valence-electron chi connectivity index (χ1n) is 35.4. The van der Waals surface area contributed by atoms with Crippen LogP contribution in [0.15, 0.2) is 12.2 Å². The summed E-state index contributed by atoms with van der Waals surface area (Å²) < 4.78 is 5.50. The second-order valence-corrected chi connectivity index (χ2v) is 24.6. The molecule has 0 aromatic carbocycles. The molecule has 0 radical (unpaired) electrons. The Balaban J connectivity index is 3.35. The Bertz CT molecular complexity index is 1160. The third-order valence-corrected chi connectivity index (χ3v) is 16.8. The van der Waals surface area contributed by atoms with E-state index in [0.717, 1.165) is 44.9 Å². The molecule has 458 valence electrons. The van der Waals surface area contributed by atoms with Crippen molar-refractivity contribution in [3.8, 4) is 0 Å². The van der Waals surface area contributed by atoms with Crippen LogP contribution in [0.4, 0.5) is 0 Å². The van der Waals surface area contributed by atoms with Gasteiger partial charge in [0.2, 0.25) is 5.91 Å². The van der Waals surface area contributed by atoms with Gasteiger partial charge in [0.25, 0.3) is 0 Å². The Morgan fingerprint density at radius 2 is 0.610 bits per heavy atom. The van der Waals surface area contributed by atoms with Crippen molar-refractivity contribution in [3.05, 3.63) is 12.2 Å². The van der Waals surface area contributed by atoms with E-state index in [1.807, 2.05) is 0 Å². The van der Waals surface area contributed by atoms with E-state index in [4.69, 9.17) is 4.74 Å². The van der Waals surface area contributed by atoms with Gasteiger partial charge in [0.1, 0.15) is 0 Å². The van der Waals surface area contributed by atoms with Crippen molar-refractivity contribution >= 4 is 11.9 Å². The maximum absolute atomic E-state index is 12.5. The molecule has 2 atom stereocenters. The molecule has 0 bridgehead atoms. The van der Waals surface area contributed by atoms with Crippen LogP contribution in [-0.2, 0) is 14.3 Å². The van der Waals surface area contributed by atoms with Crippen LogP contribution in [-0.4, -0.2) is 47.4 Å². The van der Waals surface area contributed by atoms with Gasteiger partial charge in [-0.3, -0.25) is 9.59 Å². The number of allylic oxidation sites excluding steroid dienone is 2. The molecule has 0 aliphatic carbocycles. The van der Waals surface area contributed by atoms with Crippen LogP contribution in [0.5, 0.6) is 0 Å². The van der Waals surface area contributed by atoms with Gasteiger partial charge in [-0.1, -0.05) is 353 Å². The summed E-state index contributed by atoms with van der Waals surface area (Å²) in [7, 11) is 0. The number of aliphatic hydroxyl groups is 2. The molecule has 0 fully saturated rings. The van der Waals surface area contributed by atoms with E-state index in [0.29, 0.717) is 25.9 Å². The van der Waals surface area contributed by atoms with E-state index >= 15 is 0 Å². The summed E-state index contributed by atoms with van der Waals surface area (Å²) in [6, 6.07) is -0.541. The van der Waals surface area contributed by atoms with E-state index in [-0.39, 0.29) is 18.5 Å². The van der Waals surface area contributed by atoms with Crippen LogP contribution < -0.4 is 5.32 Å². The molecule has 3 N–H and O–H groups in total. The first kappa shape index (κ1) is 75.6. The van der Waals surface area contributed by atoms with Crippen molar-refractivity contribution in [2.75, 3.05) is 13.2 Å². The highest BCUT2D eigenvalue weighted by Crippen LogP contribution is 2.19. The Hall–Kier alpha value is -1.40. The molecule has 0 aliphatic rings. The van der Waals surface area contributed by atoms with Crippen LogP contribution in [0, 0.1) is 0 Å². The van der Waals surface area contributed by atoms with E-state index in [1.165, 1.54) is 327 Å². The van der Waals surface area contributed by atoms with E-state index < -0.39 is 12.1 Å². The highest BCUT2D eigenvalue weighted by atomic mass is 16.5. The van der Waals surface area contributed by atoms with Crippen LogP contribution in [0.3, 0.4) is 0 Å². The fourth-order valence-corrected chi connectivity index (χ4v) is 11.4. The predicted molar refractivity (Wildman–Crippen MR) is 338 cm³/mol. The van der Waals surface area contributed by atoms with Crippen LogP contribution in [0.1, 0.15) is 406 Å². The molecule has 0 rings (SSSR count). The average molecular weight is 1090 g/mol. The SMILES string of the molecule is CCCCCCCC/C=C\CCCCCCCCCC(=O)OCCCCCCCCCCCCCCCCCCCCCCCCCCC(=O)NC(CO)C(O)CCCCCCCCCCCCCCCCCCCCC. The number of carbonyl (C=O) groups excluding carboxylic acids is 2. The summed E-state index contributed by atoms with van der Waals surface area (Å²) >= 11 is 0. The molecule has 6 heteroatoms. The molecule has 0 heterocycles. The molecule has 0 aromatic heterocycles. The van der Waals surface area contributed by atoms with Crippen molar-refractivity contribution < 1.29 is 24.5 Å². The van der Waals surface area contributed by atoms with Crippen molar-refractivity contribution in [2.24, 2.45) is 0 Å². The molecule has 2 unspecified atom stereocenters. The fraction of sp³-hybridized carbons (Fsp3) is 0.944. The molecule has 0 aromatic rings. The Labute approximate surface area is 482 Å². The second kappa shape index (κ2) is 67.1. The van der Waals surface area contributed by atoms with Gasteiger partial charge in [0.15, 0.2) is 0 Å². The summed E-state index contributed by atoms with van der Waals surface area (Å²) in [6.45, 7) is 4.99. The van der Waals surface area contributed by atoms with Crippen molar-refractivity contribution in [3.63, 3.8) is 0 Å². The second-order valence-electron chi connectivity index (χ2n) is 24.6. The number of esters is 1. The lowest BCUT2D eigenvalue weighted by Gasteiger charge is -2.22. The van der Waals surface area contributed by atoms with Gasteiger partial charge < -0.3 is 20.3 Å². The lowest BCUT2D eigenvalue weighted by Crippen LogP contribution is -2.45. The zero-order valence-corrected chi connectivity index (χ0v) is 52.5. The van der Waals surface area contributed by atoms with Gasteiger partial charge in [-0.15, -0.1) is 0 Å². The molecule has 77 heavy (non-hydrogen) atoms. The minimum Gasteiger partial charge on any atom is -0.466 e. The quantitative estimate of drug-likeness (QED) is 0.0320. The minimum absolute atomic E-state index is 0.0133. The van der Waals surface area contributed by atoms with E-state index in [1.54, 1.807) is 0 Å². The molecule has 0 saturated heterocycles. The van der Waals surface area contributed by atoms with E-state index in [2.05, 4.69) is 31.3 Å². The topological polar surface area (TPSA) is 95.9 Å². The predicted octanol–water partition coefficient (Wildman–Crippen LogP) is 22.8. The molecule has 0 spiro atoms. The lowest BCUT2D eigenvalue weighted by atomic mass is 10.0. The first-order chi connectivity index (χ1) is 38.0. The Morgan fingerprint density at radius 1 is 0.351 bits per heavy atom. The van der Waals surface area contributed by atoms with Gasteiger partial charge in [-0.25, -0.2) is 0 Å². The number of carbonyl (C=O) groups is 2. The van der Waals surface area contributed by atoms with Gasteiger partial charge in [-0.05, 0) is 51.4 Å².